The average Bonchev–Trinajstić information content (AvgIpc) is 2.36. The first kappa shape index (κ1) is 15.4. The van der Waals surface area contributed by atoms with E-state index < -0.39 is 0 Å². The van der Waals surface area contributed by atoms with Crippen molar-refractivity contribution < 1.29 is 4.74 Å². The van der Waals surface area contributed by atoms with Crippen molar-refractivity contribution in [2.75, 3.05) is 0 Å². The van der Waals surface area contributed by atoms with Crippen LogP contribution in [0.15, 0.2) is 18.2 Å². The zero-order valence-corrected chi connectivity index (χ0v) is 13.4. The molecule has 1 aliphatic rings. The molecule has 1 aromatic rings. The third-order valence-electron chi connectivity index (χ3n) is 4.60. The van der Waals surface area contributed by atoms with Gasteiger partial charge >= 0.3 is 0 Å². The molecule has 0 heterocycles. The fourth-order valence-corrected chi connectivity index (χ4v) is 3.11. The van der Waals surface area contributed by atoms with Crippen molar-refractivity contribution in [2.45, 2.75) is 65.5 Å². The second kappa shape index (κ2) is 6.62. The largest absolute Gasteiger partial charge is 0.490 e. The van der Waals surface area contributed by atoms with Crippen LogP contribution < -0.4 is 10.5 Å². The molecule has 1 aliphatic carbocycles. The van der Waals surface area contributed by atoms with E-state index in [9.17, 15) is 0 Å². The lowest BCUT2D eigenvalue weighted by atomic mass is 9.80. The Bertz CT molecular complexity index is 441. The Morgan fingerprint density at radius 1 is 1.25 bits per heavy atom. The summed E-state index contributed by atoms with van der Waals surface area (Å²) >= 11 is 0. The van der Waals surface area contributed by atoms with Gasteiger partial charge in [0.05, 0.1) is 6.10 Å². The molecule has 4 unspecified atom stereocenters. The number of hydrogen-bond acceptors (Lipinski definition) is 2. The van der Waals surface area contributed by atoms with Gasteiger partial charge in [-0.2, -0.15) is 0 Å². The maximum atomic E-state index is 6.31. The molecule has 2 rings (SSSR count). The number of rotatable bonds is 4. The van der Waals surface area contributed by atoms with E-state index in [1.165, 1.54) is 30.4 Å². The minimum Gasteiger partial charge on any atom is -0.490 e. The summed E-state index contributed by atoms with van der Waals surface area (Å²) in [6.07, 6.45) is 4.88. The Morgan fingerprint density at radius 2 is 2.00 bits per heavy atom. The Balaban J connectivity index is 2.08. The van der Waals surface area contributed by atoms with Gasteiger partial charge in [-0.3, -0.25) is 0 Å². The van der Waals surface area contributed by atoms with Gasteiger partial charge < -0.3 is 10.5 Å². The summed E-state index contributed by atoms with van der Waals surface area (Å²) in [4.78, 5) is 0. The van der Waals surface area contributed by atoms with Crippen LogP contribution in [0, 0.1) is 18.8 Å². The quantitative estimate of drug-likeness (QED) is 0.898. The lowest BCUT2D eigenvalue weighted by molar-refractivity contribution is 0.0996. The topological polar surface area (TPSA) is 35.2 Å². The fraction of sp³-hybridized carbons (Fsp3) is 0.667. The summed E-state index contributed by atoms with van der Waals surface area (Å²) in [5, 5.41) is 0. The Morgan fingerprint density at radius 3 is 2.65 bits per heavy atom. The molecule has 2 heteroatoms. The first-order valence-electron chi connectivity index (χ1n) is 7.97. The van der Waals surface area contributed by atoms with E-state index in [2.05, 4.69) is 45.9 Å². The van der Waals surface area contributed by atoms with Crippen LogP contribution in [0.4, 0.5) is 0 Å². The van der Waals surface area contributed by atoms with Gasteiger partial charge in [-0.05, 0) is 63.0 Å². The molecule has 4 atom stereocenters. The summed E-state index contributed by atoms with van der Waals surface area (Å²) in [5.41, 5.74) is 8.49. The van der Waals surface area contributed by atoms with E-state index in [1.807, 2.05) is 0 Å². The molecule has 1 saturated carbocycles. The molecule has 2 nitrogen and oxygen atoms in total. The maximum absolute atomic E-state index is 6.31. The van der Waals surface area contributed by atoms with Crippen LogP contribution >= 0.6 is 0 Å². The Hall–Kier alpha value is -1.02. The number of ether oxygens (including phenoxy) is 1. The van der Waals surface area contributed by atoms with Crippen LogP contribution in [0.2, 0.25) is 0 Å². The molecular weight excluding hydrogens is 246 g/mol. The zero-order valence-electron chi connectivity index (χ0n) is 13.4. The molecule has 0 amide bonds. The zero-order chi connectivity index (χ0) is 14.7. The Labute approximate surface area is 123 Å². The second-order valence-electron chi connectivity index (χ2n) is 6.80. The van der Waals surface area contributed by atoms with Crippen molar-refractivity contribution in [3.05, 3.63) is 29.3 Å². The van der Waals surface area contributed by atoms with E-state index in [4.69, 9.17) is 10.5 Å². The molecular formula is C18H29NO. The predicted octanol–water partition coefficient (Wildman–Crippen LogP) is 4.09. The lowest BCUT2D eigenvalue weighted by Gasteiger charge is -2.32. The molecule has 0 spiro atoms. The summed E-state index contributed by atoms with van der Waals surface area (Å²) in [6.45, 7) is 8.88. The van der Waals surface area contributed by atoms with E-state index in [1.54, 1.807) is 0 Å². The van der Waals surface area contributed by atoms with Crippen LogP contribution in [0.3, 0.4) is 0 Å². The smallest absolute Gasteiger partial charge is 0.122 e. The van der Waals surface area contributed by atoms with Crippen molar-refractivity contribution in [3.63, 3.8) is 0 Å². The molecule has 1 fully saturated rings. The van der Waals surface area contributed by atoms with Gasteiger partial charge in [-0.15, -0.1) is 0 Å². The molecule has 0 aliphatic heterocycles. The average molecular weight is 275 g/mol. The fourth-order valence-electron chi connectivity index (χ4n) is 3.11. The molecule has 0 aromatic heterocycles. The number of benzene rings is 1. The number of aryl methyl sites for hydroxylation is 1. The number of hydrogen-bond donors (Lipinski definition) is 1. The first-order chi connectivity index (χ1) is 9.45. The van der Waals surface area contributed by atoms with Crippen molar-refractivity contribution in [1.82, 2.24) is 0 Å². The van der Waals surface area contributed by atoms with Crippen LogP contribution in [0.25, 0.3) is 0 Å². The third kappa shape index (κ3) is 3.99. The normalized spacial score (nSPS) is 28.1. The van der Waals surface area contributed by atoms with Crippen LogP contribution in [0.5, 0.6) is 5.75 Å². The monoisotopic (exact) mass is 275 g/mol. The SMILES string of the molecule is Cc1ccc(OC2CCC(C)C(C)C2)c(CC(C)N)c1. The molecule has 0 bridgehead atoms. The van der Waals surface area contributed by atoms with Gasteiger partial charge in [-0.25, -0.2) is 0 Å². The highest BCUT2D eigenvalue weighted by Gasteiger charge is 2.26. The molecule has 0 radical (unpaired) electrons. The summed E-state index contributed by atoms with van der Waals surface area (Å²) in [5.74, 6) is 2.63. The van der Waals surface area contributed by atoms with Crippen LogP contribution in [-0.4, -0.2) is 12.1 Å². The second-order valence-corrected chi connectivity index (χ2v) is 6.80. The van der Waals surface area contributed by atoms with Gasteiger partial charge in [0.2, 0.25) is 0 Å². The van der Waals surface area contributed by atoms with Gasteiger partial charge in [-0.1, -0.05) is 31.5 Å². The number of nitrogens with two attached hydrogens (primary N) is 1. The summed E-state index contributed by atoms with van der Waals surface area (Å²) in [7, 11) is 0. The van der Waals surface area contributed by atoms with Gasteiger partial charge in [0.25, 0.3) is 0 Å². The van der Waals surface area contributed by atoms with E-state index in [0.29, 0.717) is 6.10 Å². The molecule has 0 saturated heterocycles. The summed E-state index contributed by atoms with van der Waals surface area (Å²) < 4.78 is 6.31. The highest BCUT2D eigenvalue weighted by molar-refractivity contribution is 5.37. The molecule has 20 heavy (non-hydrogen) atoms. The molecule has 2 N–H and O–H groups in total. The maximum Gasteiger partial charge on any atom is 0.122 e. The van der Waals surface area contributed by atoms with Crippen molar-refractivity contribution in [2.24, 2.45) is 17.6 Å². The van der Waals surface area contributed by atoms with Crippen LogP contribution in [-0.2, 0) is 6.42 Å². The summed E-state index contributed by atoms with van der Waals surface area (Å²) in [6, 6.07) is 6.64. The van der Waals surface area contributed by atoms with Crippen molar-refractivity contribution in [1.29, 1.82) is 0 Å². The third-order valence-corrected chi connectivity index (χ3v) is 4.60. The van der Waals surface area contributed by atoms with E-state index >= 15 is 0 Å². The molecule has 112 valence electrons. The van der Waals surface area contributed by atoms with Gasteiger partial charge in [0, 0.05) is 6.04 Å². The highest BCUT2D eigenvalue weighted by Crippen LogP contribution is 2.33. The van der Waals surface area contributed by atoms with Gasteiger partial charge in [0.1, 0.15) is 5.75 Å². The first-order valence-corrected chi connectivity index (χ1v) is 7.97. The lowest BCUT2D eigenvalue weighted by Crippen LogP contribution is -2.29. The minimum atomic E-state index is 0.171. The standard InChI is InChI=1S/C18H29NO/c1-12-5-8-18(16(9-12)11-15(4)19)20-17-7-6-13(2)14(3)10-17/h5,8-9,13-15,17H,6-7,10-11,19H2,1-4H3. The molecule has 1 aromatic carbocycles. The predicted molar refractivity (Wildman–Crippen MR) is 85.1 cm³/mol. The van der Waals surface area contributed by atoms with E-state index in [-0.39, 0.29) is 6.04 Å². The van der Waals surface area contributed by atoms with Crippen LogP contribution in [0.1, 0.15) is 51.2 Å². The Kier molecular flexibility index (Phi) is 5.09. The highest BCUT2D eigenvalue weighted by atomic mass is 16.5. The van der Waals surface area contributed by atoms with Gasteiger partial charge in [0.15, 0.2) is 0 Å². The minimum absolute atomic E-state index is 0.171. The van der Waals surface area contributed by atoms with Crippen molar-refractivity contribution in [3.8, 4) is 5.75 Å². The van der Waals surface area contributed by atoms with Crippen molar-refractivity contribution >= 4 is 0 Å². The van der Waals surface area contributed by atoms with E-state index in [0.717, 1.165) is 24.0 Å².